The highest BCUT2D eigenvalue weighted by Crippen LogP contribution is 2.39. The largest absolute Gasteiger partial charge is 0.477 e. The lowest BCUT2D eigenvalue weighted by Crippen LogP contribution is -2.55. The van der Waals surface area contributed by atoms with E-state index in [1.165, 1.54) is 0 Å². The summed E-state index contributed by atoms with van der Waals surface area (Å²) >= 11 is 0. The van der Waals surface area contributed by atoms with Crippen LogP contribution in [0, 0.1) is 5.92 Å². The van der Waals surface area contributed by atoms with Crippen LogP contribution in [0.15, 0.2) is 6.20 Å². The molecule has 110 valence electrons. The molecule has 3 rings (SSSR count). The van der Waals surface area contributed by atoms with Gasteiger partial charge in [0.05, 0.1) is 30.3 Å². The van der Waals surface area contributed by atoms with E-state index < -0.39 is 6.10 Å². The molecule has 1 aromatic rings. The summed E-state index contributed by atoms with van der Waals surface area (Å²) in [7, 11) is 1.89. The second kappa shape index (κ2) is 5.10. The fourth-order valence-corrected chi connectivity index (χ4v) is 3.17. The first-order valence-corrected chi connectivity index (χ1v) is 7.12. The van der Waals surface area contributed by atoms with Crippen molar-refractivity contribution in [3.8, 4) is 5.88 Å². The number of aliphatic hydroxyl groups is 1. The highest BCUT2D eigenvalue weighted by molar-refractivity contribution is 5.75. The number of hydrogen-bond donors (Lipinski definition) is 3. The summed E-state index contributed by atoms with van der Waals surface area (Å²) in [6, 6.07) is -0.227. The third kappa shape index (κ3) is 2.09. The number of fused-ring (bicyclic) bond motifs is 1. The summed E-state index contributed by atoms with van der Waals surface area (Å²) in [6.07, 6.45) is 2.24. The number of piperidine rings is 1. The van der Waals surface area contributed by atoms with Crippen LogP contribution in [-0.2, 0) is 6.42 Å². The molecule has 0 spiro atoms. The second-order valence-corrected chi connectivity index (χ2v) is 5.69. The van der Waals surface area contributed by atoms with Crippen molar-refractivity contribution in [2.45, 2.75) is 25.5 Å². The summed E-state index contributed by atoms with van der Waals surface area (Å²) < 4.78 is 5.56. The number of ether oxygens (including phenoxy) is 1. The van der Waals surface area contributed by atoms with Gasteiger partial charge in [-0.25, -0.2) is 4.98 Å². The average Bonchev–Trinajstić information content (AvgIpc) is 2.91. The predicted molar refractivity (Wildman–Crippen MR) is 78.3 cm³/mol. The molecule has 0 aliphatic carbocycles. The Bertz CT molecular complexity index is 496. The Balaban J connectivity index is 1.99. The maximum Gasteiger partial charge on any atom is 0.218 e. The maximum atomic E-state index is 10.0. The number of hydrogen-bond acceptors (Lipinski definition) is 6. The molecular formula is C14H22N4O2. The van der Waals surface area contributed by atoms with Gasteiger partial charge in [0.1, 0.15) is 0 Å². The van der Waals surface area contributed by atoms with E-state index in [9.17, 15) is 5.11 Å². The number of rotatable bonds is 2. The Morgan fingerprint density at radius 1 is 1.50 bits per heavy atom. The fraction of sp³-hybridized carbons (Fsp3) is 0.643. The zero-order chi connectivity index (χ0) is 14.3. The second-order valence-electron chi connectivity index (χ2n) is 5.69. The Labute approximate surface area is 118 Å². The van der Waals surface area contributed by atoms with Crippen molar-refractivity contribution >= 4 is 11.4 Å². The molecule has 2 aliphatic rings. The quantitative estimate of drug-likeness (QED) is 0.717. The van der Waals surface area contributed by atoms with E-state index >= 15 is 0 Å². The highest BCUT2D eigenvalue weighted by Gasteiger charge is 2.34. The summed E-state index contributed by atoms with van der Waals surface area (Å²) in [5.74, 6) is 0.876. The van der Waals surface area contributed by atoms with E-state index in [4.69, 9.17) is 10.5 Å². The molecule has 20 heavy (non-hydrogen) atoms. The van der Waals surface area contributed by atoms with Crippen molar-refractivity contribution in [1.82, 2.24) is 4.98 Å². The van der Waals surface area contributed by atoms with Gasteiger partial charge in [-0.3, -0.25) is 0 Å². The van der Waals surface area contributed by atoms with E-state index in [-0.39, 0.29) is 12.0 Å². The van der Waals surface area contributed by atoms with Crippen LogP contribution < -0.4 is 20.7 Å². The van der Waals surface area contributed by atoms with Gasteiger partial charge in [0.25, 0.3) is 0 Å². The standard InChI is InChI=1S/C14H22N4O2/c1-8-6-18(7-10(15)13(8)19)12-9-3-4-20-14(9)17-5-11(12)16-2/h5,8,10,13,16,19H,3-4,6-7,15H2,1-2H3. The van der Waals surface area contributed by atoms with Crippen molar-refractivity contribution in [2.75, 3.05) is 37.0 Å². The van der Waals surface area contributed by atoms with Crippen molar-refractivity contribution < 1.29 is 9.84 Å². The first-order valence-electron chi connectivity index (χ1n) is 7.12. The lowest BCUT2D eigenvalue weighted by molar-refractivity contribution is 0.0785. The van der Waals surface area contributed by atoms with Crippen molar-refractivity contribution in [1.29, 1.82) is 0 Å². The smallest absolute Gasteiger partial charge is 0.218 e. The first kappa shape index (κ1) is 13.5. The predicted octanol–water partition coefficient (Wildman–Crippen LogP) is 0.203. The summed E-state index contributed by atoms with van der Waals surface area (Å²) in [5.41, 5.74) is 9.34. The molecule has 4 N–H and O–H groups in total. The van der Waals surface area contributed by atoms with Crippen LogP contribution in [0.2, 0.25) is 0 Å². The van der Waals surface area contributed by atoms with Gasteiger partial charge in [-0.2, -0.15) is 0 Å². The van der Waals surface area contributed by atoms with Gasteiger partial charge in [-0.1, -0.05) is 6.92 Å². The van der Waals surface area contributed by atoms with Gasteiger partial charge >= 0.3 is 0 Å². The molecule has 3 atom stereocenters. The molecule has 0 saturated carbocycles. The van der Waals surface area contributed by atoms with Crippen molar-refractivity contribution in [3.05, 3.63) is 11.8 Å². The number of anilines is 2. The van der Waals surface area contributed by atoms with Crippen LogP contribution in [0.25, 0.3) is 0 Å². The van der Waals surface area contributed by atoms with Gasteiger partial charge in [0.2, 0.25) is 5.88 Å². The van der Waals surface area contributed by atoms with E-state index in [0.29, 0.717) is 13.2 Å². The van der Waals surface area contributed by atoms with Crippen molar-refractivity contribution in [3.63, 3.8) is 0 Å². The maximum absolute atomic E-state index is 10.0. The molecule has 6 nitrogen and oxygen atoms in total. The number of nitrogens with zero attached hydrogens (tertiary/aromatic N) is 2. The summed E-state index contributed by atoms with van der Waals surface area (Å²) in [5, 5.41) is 13.2. The van der Waals surface area contributed by atoms with Gasteiger partial charge in [0, 0.05) is 44.1 Å². The zero-order valence-corrected chi connectivity index (χ0v) is 12.0. The Morgan fingerprint density at radius 2 is 2.30 bits per heavy atom. The van der Waals surface area contributed by atoms with Crippen LogP contribution >= 0.6 is 0 Å². The topological polar surface area (TPSA) is 83.6 Å². The highest BCUT2D eigenvalue weighted by atomic mass is 16.5. The first-order chi connectivity index (χ1) is 9.61. The number of aromatic nitrogens is 1. The van der Waals surface area contributed by atoms with Gasteiger partial charge in [-0.05, 0) is 0 Å². The molecule has 3 unspecified atom stereocenters. The van der Waals surface area contributed by atoms with Crippen LogP contribution in [0.4, 0.5) is 11.4 Å². The van der Waals surface area contributed by atoms with Crippen LogP contribution in [0.3, 0.4) is 0 Å². The molecule has 0 radical (unpaired) electrons. The number of pyridine rings is 1. The zero-order valence-electron chi connectivity index (χ0n) is 12.0. The molecule has 1 fully saturated rings. The van der Waals surface area contributed by atoms with Crippen LogP contribution in [0.5, 0.6) is 5.88 Å². The van der Waals surface area contributed by atoms with Gasteiger partial charge in [0.15, 0.2) is 0 Å². The van der Waals surface area contributed by atoms with E-state index in [1.54, 1.807) is 6.20 Å². The molecule has 2 aliphatic heterocycles. The minimum Gasteiger partial charge on any atom is -0.477 e. The number of aliphatic hydroxyl groups excluding tert-OH is 1. The average molecular weight is 278 g/mol. The monoisotopic (exact) mass is 278 g/mol. The molecule has 6 heteroatoms. The molecule has 1 saturated heterocycles. The van der Waals surface area contributed by atoms with E-state index in [0.717, 1.165) is 35.8 Å². The summed E-state index contributed by atoms with van der Waals surface area (Å²) in [6.45, 7) is 4.16. The molecular weight excluding hydrogens is 256 g/mol. The molecule has 3 heterocycles. The van der Waals surface area contributed by atoms with Gasteiger partial charge < -0.3 is 25.8 Å². The lowest BCUT2D eigenvalue weighted by atomic mass is 9.92. The third-order valence-corrected chi connectivity index (χ3v) is 4.25. The normalized spacial score (nSPS) is 29.0. The summed E-state index contributed by atoms with van der Waals surface area (Å²) in [4.78, 5) is 6.60. The molecule has 0 amide bonds. The molecule has 0 aromatic carbocycles. The molecule has 0 bridgehead atoms. The minimum absolute atomic E-state index is 0.148. The number of nitrogens with one attached hydrogen (secondary N) is 1. The minimum atomic E-state index is -0.435. The Kier molecular flexibility index (Phi) is 3.43. The third-order valence-electron chi connectivity index (χ3n) is 4.25. The molecule has 1 aromatic heterocycles. The Morgan fingerprint density at radius 3 is 3.00 bits per heavy atom. The van der Waals surface area contributed by atoms with E-state index in [1.807, 2.05) is 14.0 Å². The SMILES string of the molecule is CNc1cnc2c(c1N1CC(C)C(O)C(N)C1)CCO2. The fourth-order valence-electron chi connectivity index (χ4n) is 3.17. The van der Waals surface area contributed by atoms with Crippen LogP contribution in [0.1, 0.15) is 12.5 Å². The Hall–Kier alpha value is -1.53. The van der Waals surface area contributed by atoms with E-state index in [2.05, 4.69) is 15.2 Å². The van der Waals surface area contributed by atoms with Crippen LogP contribution in [-0.4, -0.2) is 49.0 Å². The number of nitrogens with two attached hydrogens (primary N) is 1. The van der Waals surface area contributed by atoms with Crippen molar-refractivity contribution in [2.24, 2.45) is 11.7 Å². The lowest BCUT2D eigenvalue weighted by Gasteiger charge is -2.41. The van der Waals surface area contributed by atoms with Gasteiger partial charge in [-0.15, -0.1) is 0 Å².